The van der Waals surface area contributed by atoms with Crippen LogP contribution in [0.3, 0.4) is 0 Å². The van der Waals surface area contributed by atoms with Gasteiger partial charge in [-0.3, -0.25) is 9.36 Å². The van der Waals surface area contributed by atoms with E-state index in [1.165, 1.54) is 41.1 Å². The van der Waals surface area contributed by atoms with E-state index in [2.05, 4.69) is 53.4 Å². The summed E-state index contributed by atoms with van der Waals surface area (Å²) < 4.78 is 14.5. The monoisotopic (exact) mass is 1060 g/mol. The van der Waals surface area contributed by atoms with Crippen LogP contribution in [-0.2, 0) is 9.30 Å². The van der Waals surface area contributed by atoms with E-state index < -0.39 is 25.7 Å². The van der Waals surface area contributed by atoms with Crippen molar-refractivity contribution in [3.8, 4) is 0 Å². The number of rotatable bonds is 3. The number of aliphatic hydroxyl groups is 1. The number of hydrogen-bond donors (Lipinski definition) is 3. The maximum atomic E-state index is 11.3. The summed E-state index contributed by atoms with van der Waals surface area (Å²) in [4.78, 5) is 44.0. The molecule has 0 atom stereocenters. The van der Waals surface area contributed by atoms with Gasteiger partial charge in [-0.1, -0.05) is 41.4 Å². The van der Waals surface area contributed by atoms with Gasteiger partial charge in [-0.2, -0.15) is 0 Å². The third-order valence-electron chi connectivity index (χ3n) is 5.09. The van der Waals surface area contributed by atoms with Gasteiger partial charge in [0.1, 0.15) is 0 Å². The molecule has 53 heavy (non-hydrogen) atoms. The average Bonchev–Trinajstić information content (AvgIpc) is 3.73. The number of esters is 1. The summed E-state index contributed by atoms with van der Waals surface area (Å²) in [5.41, 5.74) is 2.93. The van der Waals surface area contributed by atoms with Crippen molar-refractivity contribution in [2.75, 3.05) is 14.2 Å². The number of hydrogen-bond acceptors (Lipinski definition) is 12. The maximum absolute atomic E-state index is 11.3. The summed E-state index contributed by atoms with van der Waals surface area (Å²) in [5.74, 6) is -1.33. The van der Waals surface area contributed by atoms with E-state index in [1.54, 1.807) is 36.4 Å². The number of carboxylic acid groups (broad SMARTS) is 1. The predicted molar refractivity (Wildman–Crippen MR) is 234 cm³/mol. The first-order valence-electron chi connectivity index (χ1n) is 12.8. The second kappa shape index (κ2) is 22.8. The first kappa shape index (κ1) is 51.0. The van der Waals surface area contributed by atoms with Crippen LogP contribution in [0, 0.1) is 3.95 Å². The van der Waals surface area contributed by atoms with Crippen LogP contribution in [0.2, 0.25) is 8.93 Å². The van der Waals surface area contributed by atoms with Crippen LogP contribution in [0.1, 0.15) is 31.1 Å². The fourth-order valence-corrected chi connectivity index (χ4v) is 6.82. The standard InChI is InChI=1S/C9H6ClNO2S.C8H3Cl2NOS.C8H5NO2S2.CH4O.Cl5P.Cl3OP/c1-13-8(12)5-3-2-4-6-7(5)11-9(10)14-6;9-7(12)4-2-1-3-5-6(4)11-8(10)13-5;10-7(11)4-2-1-3-5-6(4)9-8(12)13-5;1-2;1-6(2,3,4)5;1-5(2,3)4/h2-4H,1H3;1-3H;1-3H,(H,9,12)(H,10,11);2H,1H3;;. The van der Waals surface area contributed by atoms with Crippen molar-refractivity contribution in [1.82, 2.24) is 15.0 Å². The van der Waals surface area contributed by atoms with Gasteiger partial charge in [0.15, 0.2) is 12.9 Å². The molecule has 3 aromatic heterocycles. The first-order valence-corrected chi connectivity index (χ1v) is 28.0. The number of fused-ring (bicyclic) bond motifs is 3. The molecule has 0 saturated carbocycles. The minimum atomic E-state index is -3.69. The summed E-state index contributed by atoms with van der Waals surface area (Å²) in [6.45, 7) is 0. The van der Waals surface area contributed by atoms with Crippen LogP contribution in [0.25, 0.3) is 30.6 Å². The number of carbonyl (C=O) groups is 3. The zero-order valence-corrected chi connectivity index (χ0v) is 39.1. The van der Waals surface area contributed by atoms with Crippen LogP contribution in [0.15, 0.2) is 54.6 Å². The van der Waals surface area contributed by atoms with Gasteiger partial charge in [-0.25, -0.2) is 19.6 Å². The number of carbonyl (C=O) groups excluding carboxylic acids is 2. The number of nitrogens with zero attached hydrogens (tertiary/aromatic N) is 2. The van der Waals surface area contributed by atoms with E-state index in [-0.39, 0.29) is 5.56 Å². The zero-order chi connectivity index (χ0) is 40.9. The number of ether oxygens (including phenoxy) is 1. The minimum Gasteiger partial charge on any atom is -0.478 e. The zero-order valence-electron chi connectivity index (χ0n) is 25.7. The topological polar surface area (TPSA) is 160 Å². The van der Waals surface area contributed by atoms with Gasteiger partial charge in [-0.05, 0) is 93.9 Å². The summed E-state index contributed by atoms with van der Waals surface area (Å²) in [5, 5.41) is 12.1. The van der Waals surface area contributed by atoms with Crippen molar-refractivity contribution >= 4 is 227 Å². The molecule has 0 radical (unpaired) electrons. The second-order valence-corrected chi connectivity index (χ2v) is 37.1. The number of aromatic amines is 1. The van der Waals surface area contributed by atoms with Crippen molar-refractivity contribution in [3.63, 3.8) is 0 Å². The number of nitrogens with one attached hydrogen (secondary N) is 1. The van der Waals surface area contributed by atoms with E-state index in [4.69, 9.17) is 113 Å². The molecule has 290 valence electrons. The Hall–Kier alpha value is -0.0300. The molecule has 0 unspecified atom stereocenters. The molecule has 6 aromatic rings. The molecule has 10 nitrogen and oxygen atoms in total. The minimum absolute atomic E-state index is 0.268. The van der Waals surface area contributed by atoms with Crippen LogP contribution in [0.5, 0.6) is 0 Å². The molecule has 3 N–H and O–H groups in total. The number of aromatic carboxylic acids is 1. The van der Waals surface area contributed by atoms with E-state index >= 15 is 0 Å². The average molecular weight is 1060 g/mol. The SMILES string of the molecule is CO.COC(=O)c1cccc2sc(Cl)nc12.ClP(Cl)(Cl)(Cl)Cl.O=C(Cl)c1cccc2sc(Cl)nc12.O=C(O)c1cccc2sc(=S)[nH]c12.O=P(Cl)(Cl)Cl. The summed E-state index contributed by atoms with van der Waals surface area (Å²) in [6, 6.07) is 15.7. The number of halogens is 11. The number of aromatic nitrogens is 3. The Bertz CT molecular complexity index is 2280. The van der Waals surface area contributed by atoms with Crippen LogP contribution < -0.4 is 0 Å². The fourth-order valence-electron chi connectivity index (χ4n) is 3.43. The van der Waals surface area contributed by atoms with Crippen molar-refractivity contribution in [1.29, 1.82) is 0 Å². The summed E-state index contributed by atoms with van der Waals surface area (Å²) in [7, 11) is 2.34. The molecule has 0 fully saturated rings. The van der Waals surface area contributed by atoms with E-state index in [9.17, 15) is 18.9 Å². The molecule has 0 aliphatic rings. The molecule has 0 aliphatic heterocycles. The van der Waals surface area contributed by atoms with Gasteiger partial charge < -0.3 is 19.9 Å². The number of para-hydroxylation sites is 3. The molecule has 3 heterocycles. The smallest absolute Gasteiger partial charge is 0.339 e. The molecular formula is C26H18Cl11N3O7P2S4. The molecule has 0 spiro atoms. The number of methoxy groups -OCH3 is 1. The Balaban J connectivity index is 0.000000343. The van der Waals surface area contributed by atoms with E-state index in [1.807, 2.05) is 18.2 Å². The van der Waals surface area contributed by atoms with Gasteiger partial charge in [0.2, 0.25) is 0 Å². The molecule has 0 bridgehead atoms. The van der Waals surface area contributed by atoms with Gasteiger partial charge in [-0.15, -0.1) is 34.0 Å². The van der Waals surface area contributed by atoms with E-state index in [0.717, 1.165) is 21.2 Å². The van der Waals surface area contributed by atoms with Gasteiger partial charge in [0.05, 0.1) is 54.5 Å². The Morgan fingerprint density at radius 3 is 1.55 bits per heavy atom. The third-order valence-corrected chi connectivity index (χ3v) is 8.74. The fraction of sp³-hybridized carbons (Fsp3) is 0.0769. The first-order chi connectivity index (χ1) is 24.3. The second-order valence-electron chi connectivity index (χ2n) is 8.54. The normalized spacial score (nSPS) is 11.3. The summed E-state index contributed by atoms with van der Waals surface area (Å²) >= 11 is 64.6. The number of benzene rings is 3. The largest absolute Gasteiger partial charge is 0.478 e. The maximum Gasteiger partial charge on any atom is 0.339 e. The molecule has 0 amide bonds. The molecule has 0 aliphatic carbocycles. The Morgan fingerprint density at radius 1 is 0.774 bits per heavy atom. The quantitative estimate of drug-likeness (QED) is 0.0674. The Labute approximate surface area is 370 Å². The Morgan fingerprint density at radius 2 is 1.15 bits per heavy atom. The predicted octanol–water partition coefficient (Wildman–Crippen LogP) is 15.5. The van der Waals surface area contributed by atoms with Crippen LogP contribution in [-0.4, -0.2) is 56.6 Å². The number of aliphatic hydroxyl groups excluding tert-OH is 1. The van der Waals surface area contributed by atoms with Crippen molar-refractivity contribution in [2.45, 2.75) is 0 Å². The third kappa shape index (κ3) is 20.3. The Kier molecular flexibility index (Phi) is 21.9. The summed E-state index contributed by atoms with van der Waals surface area (Å²) in [6.07, 6.45) is 0. The van der Waals surface area contributed by atoms with Crippen molar-refractivity contribution < 1.29 is 33.9 Å². The van der Waals surface area contributed by atoms with Gasteiger partial charge in [0.25, 0.3) is 5.24 Å². The van der Waals surface area contributed by atoms with Gasteiger partial charge in [0, 0.05) is 7.11 Å². The molecular weight excluding hydrogens is 1050 g/mol. The van der Waals surface area contributed by atoms with Crippen LogP contribution >= 0.6 is 180 Å². The number of thiazole rings is 3. The van der Waals surface area contributed by atoms with Crippen molar-refractivity contribution in [2.24, 2.45) is 0 Å². The molecule has 3 aromatic carbocycles. The molecule has 6 rings (SSSR count). The van der Waals surface area contributed by atoms with Crippen LogP contribution in [0.4, 0.5) is 0 Å². The van der Waals surface area contributed by atoms with E-state index in [0.29, 0.717) is 40.6 Å². The van der Waals surface area contributed by atoms with Crippen molar-refractivity contribution in [3.05, 3.63) is 84.2 Å². The molecule has 0 saturated heterocycles. The number of carboxylic acids is 1. The van der Waals surface area contributed by atoms with Gasteiger partial charge >= 0.3 is 76.7 Å². The number of H-pyrrole nitrogens is 1. The molecule has 27 heteroatoms.